The Hall–Kier alpha value is -4.25. The summed E-state index contributed by atoms with van der Waals surface area (Å²) in [6, 6.07) is 14.4. The molecule has 1 fully saturated rings. The van der Waals surface area contributed by atoms with E-state index in [1.165, 1.54) is 24.3 Å². The number of aryl methyl sites for hydroxylation is 1. The standard InChI is InChI=1S/C23H26N8O3/c1-16-24-21(15-22(25-16)30-12-10-29(2)11-13-30)26-18-4-3-5-19(14-18)28-23(32)27-17-6-8-20(9-7-17)31(33)34/h3-9,14-15H,10-13H2,1-2H3,(H,24,25,26)(H2,27,28,32). The van der Waals surface area contributed by atoms with Gasteiger partial charge in [0.2, 0.25) is 0 Å². The molecule has 0 atom stereocenters. The molecule has 0 saturated carbocycles. The molecule has 0 radical (unpaired) electrons. The van der Waals surface area contributed by atoms with Crippen molar-refractivity contribution in [2.45, 2.75) is 6.92 Å². The third-order valence-electron chi connectivity index (χ3n) is 5.38. The van der Waals surface area contributed by atoms with Gasteiger partial charge in [0.15, 0.2) is 0 Å². The van der Waals surface area contributed by atoms with Crippen LogP contribution in [0.2, 0.25) is 0 Å². The fourth-order valence-corrected chi connectivity index (χ4v) is 3.60. The highest BCUT2D eigenvalue weighted by molar-refractivity contribution is 6.00. The molecule has 0 spiro atoms. The van der Waals surface area contributed by atoms with E-state index in [0.717, 1.165) is 37.7 Å². The monoisotopic (exact) mass is 462 g/mol. The number of hydrogen-bond donors (Lipinski definition) is 3. The summed E-state index contributed by atoms with van der Waals surface area (Å²) in [6.07, 6.45) is 0. The maximum absolute atomic E-state index is 12.4. The molecule has 0 aliphatic carbocycles. The minimum absolute atomic E-state index is 0.0412. The van der Waals surface area contributed by atoms with Gasteiger partial charge in [-0.1, -0.05) is 6.07 Å². The van der Waals surface area contributed by atoms with Crippen molar-refractivity contribution >= 4 is 40.4 Å². The highest BCUT2D eigenvalue weighted by atomic mass is 16.6. The molecule has 1 saturated heterocycles. The van der Waals surface area contributed by atoms with E-state index >= 15 is 0 Å². The van der Waals surface area contributed by atoms with Gasteiger partial charge < -0.3 is 25.8 Å². The number of piperazine rings is 1. The molecule has 0 bridgehead atoms. The first-order chi connectivity index (χ1) is 16.4. The second-order valence-corrected chi connectivity index (χ2v) is 8.04. The minimum Gasteiger partial charge on any atom is -0.354 e. The number of nitrogens with one attached hydrogen (secondary N) is 3. The molecule has 2 heterocycles. The maximum atomic E-state index is 12.4. The first-order valence-corrected chi connectivity index (χ1v) is 10.8. The molecule has 2 aromatic carbocycles. The van der Waals surface area contributed by atoms with Gasteiger partial charge in [-0.05, 0) is 44.3 Å². The van der Waals surface area contributed by atoms with Gasteiger partial charge in [-0.15, -0.1) is 0 Å². The SMILES string of the molecule is Cc1nc(Nc2cccc(NC(=O)Nc3ccc([N+](=O)[O-])cc3)c2)cc(N2CCN(C)CC2)n1. The predicted octanol–water partition coefficient (Wildman–Crippen LogP) is 3.83. The predicted molar refractivity (Wildman–Crippen MR) is 132 cm³/mol. The third kappa shape index (κ3) is 5.95. The third-order valence-corrected chi connectivity index (χ3v) is 5.38. The van der Waals surface area contributed by atoms with Crippen molar-refractivity contribution < 1.29 is 9.72 Å². The average Bonchev–Trinajstić information content (AvgIpc) is 2.79. The lowest BCUT2D eigenvalue weighted by Gasteiger charge is -2.33. The number of anilines is 5. The van der Waals surface area contributed by atoms with Gasteiger partial charge in [-0.2, -0.15) is 0 Å². The van der Waals surface area contributed by atoms with Crippen molar-refractivity contribution in [2.24, 2.45) is 0 Å². The van der Waals surface area contributed by atoms with E-state index < -0.39 is 11.0 Å². The van der Waals surface area contributed by atoms with Crippen LogP contribution in [-0.4, -0.2) is 59.0 Å². The number of carbonyl (C=O) groups excluding carboxylic acids is 1. The molecular formula is C23H26N8O3. The van der Waals surface area contributed by atoms with Gasteiger partial charge >= 0.3 is 6.03 Å². The second kappa shape index (κ2) is 10.1. The van der Waals surface area contributed by atoms with Gasteiger partial charge in [-0.25, -0.2) is 14.8 Å². The Kier molecular flexibility index (Phi) is 6.83. The van der Waals surface area contributed by atoms with E-state index in [-0.39, 0.29) is 5.69 Å². The Labute approximate surface area is 197 Å². The lowest BCUT2D eigenvalue weighted by atomic mass is 10.2. The molecule has 1 aliphatic heterocycles. The molecule has 1 aliphatic rings. The zero-order valence-electron chi connectivity index (χ0n) is 19.0. The number of likely N-dealkylation sites (N-methyl/N-ethyl adjacent to an activating group) is 1. The molecule has 3 N–H and O–H groups in total. The molecular weight excluding hydrogens is 436 g/mol. The summed E-state index contributed by atoms with van der Waals surface area (Å²) >= 11 is 0. The van der Waals surface area contributed by atoms with Crippen LogP contribution in [-0.2, 0) is 0 Å². The number of nitro benzene ring substituents is 1. The molecule has 2 amide bonds. The van der Waals surface area contributed by atoms with Crippen LogP contribution < -0.4 is 20.9 Å². The van der Waals surface area contributed by atoms with Gasteiger partial charge in [0.05, 0.1) is 4.92 Å². The van der Waals surface area contributed by atoms with E-state index in [2.05, 4.69) is 42.8 Å². The van der Waals surface area contributed by atoms with Gasteiger partial charge in [-0.3, -0.25) is 10.1 Å². The van der Waals surface area contributed by atoms with Crippen molar-refractivity contribution in [3.05, 3.63) is 70.5 Å². The Morgan fingerprint density at radius 3 is 2.32 bits per heavy atom. The Morgan fingerprint density at radius 2 is 1.62 bits per heavy atom. The second-order valence-electron chi connectivity index (χ2n) is 8.04. The lowest BCUT2D eigenvalue weighted by molar-refractivity contribution is -0.384. The molecule has 11 nitrogen and oxygen atoms in total. The van der Waals surface area contributed by atoms with Crippen LogP contribution in [0.25, 0.3) is 0 Å². The average molecular weight is 463 g/mol. The number of rotatable bonds is 6. The summed E-state index contributed by atoms with van der Waals surface area (Å²) in [6.45, 7) is 5.67. The molecule has 11 heteroatoms. The summed E-state index contributed by atoms with van der Waals surface area (Å²) in [5.74, 6) is 2.24. The number of urea groups is 1. The molecule has 0 unspecified atom stereocenters. The van der Waals surface area contributed by atoms with Crippen LogP contribution in [0.15, 0.2) is 54.6 Å². The Balaban J connectivity index is 1.40. The van der Waals surface area contributed by atoms with Crippen LogP contribution in [0.4, 0.5) is 39.2 Å². The number of aromatic nitrogens is 2. The Morgan fingerprint density at radius 1 is 0.941 bits per heavy atom. The van der Waals surface area contributed by atoms with E-state index in [1.54, 1.807) is 12.1 Å². The normalized spacial score (nSPS) is 13.9. The van der Waals surface area contributed by atoms with Crippen molar-refractivity contribution in [1.82, 2.24) is 14.9 Å². The summed E-state index contributed by atoms with van der Waals surface area (Å²) in [4.78, 5) is 36.2. The van der Waals surface area contributed by atoms with E-state index in [9.17, 15) is 14.9 Å². The van der Waals surface area contributed by atoms with Gasteiger partial charge in [0, 0.05) is 61.4 Å². The topological polar surface area (TPSA) is 129 Å². The van der Waals surface area contributed by atoms with Crippen molar-refractivity contribution in [1.29, 1.82) is 0 Å². The lowest BCUT2D eigenvalue weighted by Crippen LogP contribution is -2.44. The zero-order valence-corrected chi connectivity index (χ0v) is 19.0. The number of benzene rings is 2. The number of amides is 2. The number of nitro groups is 1. The summed E-state index contributed by atoms with van der Waals surface area (Å²) in [5.41, 5.74) is 1.75. The highest BCUT2D eigenvalue weighted by Gasteiger charge is 2.16. The quantitative estimate of drug-likeness (QED) is 0.372. The van der Waals surface area contributed by atoms with Crippen LogP contribution in [0.1, 0.15) is 5.82 Å². The van der Waals surface area contributed by atoms with Gasteiger partial charge in [0.25, 0.3) is 5.69 Å². The smallest absolute Gasteiger partial charge is 0.323 e. The molecule has 34 heavy (non-hydrogen) atoms. The first kappa shape index (κ1) is 22.9. The van der Waals surface area contributed by atoms with Crippen molar-refractivity contribution in [3.63, 3.8) is 0 Å². The first-order valence-electron chi connectivity index (χ1n) is 10.8. The number of hydrogen-bond acceptors (Lipinski definition) is 8. The van der Waals surface area contributed by atoms with Crippen LogP contribution in [0.3, 0.4) is 0 Å². The molecule has 1 aromatic heterocycles. The van der Waals surface area contributed by atoms with Crippen LogP contribution in [0.5, 0.6) is 0 Å². The minimum atomic E-state index is -0.490. The highest BCUT2D eigenvalue weighted by Crippen LogP contribution is 2.23. The number of non-ortho nitro benzene ring substituents is 1. The largest absolute Gasteiger partial charge is 0.354 e. The number of nitrogens with zero attached hydrogens (tertiary/aromatic N) is 5. The summed E-state index contributed by atoms with van der Waals surface area (Å²) in [7, 11) is 2.11. The zero-order chi connectivity index (χ0) is 24.1. The fourth-order valence-electron chi connectivity index (χ4n) is 3.60. The van der Waals surface area contributed by atoms with Crippen molar-refractivity contribution in [3.8, 4) is 0 Å². The molecule has 4 rings (SSSR count). The fraction of sp³-hybridized carbons (Fsp3) is 0.261. The van der Waals surface area contributed by atoms with E-state index in [0.29, 0.717) is 23.0 Å². The Bertz CT molecular complexity index is 1180. The summed E-state index contributed by atoms with van der Waals surface area (Å²) in [5, 5.41) is 19.5. The van der Waals surface area contributed by atoms with Crippen LogP contribution >= 0.6 is 0 Å². The van der Waals surface area contributed by atoms with Crippen molar-refractivity contribution in [2.75, 3.05) is 54.1 Å². The van der Waals surface area contributed by atoms with E-state index in [1.807, 2.05) is 25.1 Å². The molecule has 176 valence electrons. The number of carbonyl (C=O) groups is 1. The maximum Gasteiger partial charge on any atom is 0.323 e. The summed E-state index contributed by atoms with van der Waals surface area (Å²) < 4.78 is 0. The van der Waals surface area contributed by atoms with Crippen LogP contribution in [0, 0.1) is 17.0 Å². The molecule has 3 aromatic rings. The van der Waals surface area contributed by atoms with E-state index in [4.69, 9.17) is 0 Å². The van der Waals surface area contributed by atoms with Gasteiger partial charge in [0.1, 0.15) is 17.5 Å².